The average Bonchev–Trinajstić information content (AvgIpc) is 2.34. The second kappa shape index (κ2) is 6.23. The number of alkyl halides is 3. The smallest absolute Gasteiger partial charge is 0.480 e. The number of rotatable bonds is 6. The van der Waals surface area contributed by atoms with E-state index in [0.717, 1.165) is 4.72 Å². The van der Waals surface area contributed by atoms with Gasteiger partial charge >= 0.3 is 21.5 Å². The van der Waals surface area contributed by atoms with Gasteiger partial charge in [0.1, 0.15) is 6.04 Å². The number of sulfonamides is 1. The Labute approximate surface area is 113 Å². The first-order chi connectivity index (χ1) is 9.13. The lowest BCUT2D eigenvalue weighted by atomic mass is 10.1. The molecule has 1 unspecified atom stereocenters. The zero-order chi connectivity index (χ0) is 15.4. The highest BCUT2D eigenvalue weighted by Gasteiger charge is 2.47. The van der Waals surface area contributed by atoms with Gasteiger partial charge in [0.25, 0.3) is 0 Å². The molecular formula is C11H12F3NO4S. The normalized spacial score (nSPS) is 13.9. The van der Waals surface area contributed by atoms with Gasteiger partial charge in [-0.1, -0.05) is 30.3 Å². The summed E-state index contributed by atoms with van der Waals surface area (Å²) in [4.78, 5) is 10.8. The van der Waals surface area contributed by atoms with Crippen LogP contribution in [0.3, 0.4) is 0 Å². The number of benzene rings is 1. The van der Waals surface area contributed by atoms with Crippen LogP contribution in [0.1, 0.15) is 12.0 Å². The Kier molecular flexibility index (Phi) is 5.12. The molecule has 0 saturated carbocycles. The molecule has 112 valence electrons. The van der Waals surface area contributed by atoms with Crippen molar-refractivity contribution < 1.29 is 31.5 Å². The standard InChI is InChI=1S/C11H12F3NO4S/c12-11(13,14)20(18,19)15-9(10(16)17)7-6-8-4-2-1-3-5-8/h1-5,9,15H,6-7H2,(H,16,17). The molecule has 20 heavy (non-hydrogen) atoms. The molecular weight excluding hydrogens is 299 g/mol. The van der Waals surface area contributed by atoms with Crippen LogP contribution in [0.5, 0.6) is 0 Å². The molecule has 0 aliphatic heterocycles. The van der Waals surface area contributed by atoms with Gasteiger partial charge in [0.15, 0.2) is 0 Å². The Morgan fingerprint density at radius 3 is 2.25 bits per heavy atom. The zero-order valence-corrected chi connectivity index (χ0v) is 10.9. The number of halogens is 3. The van der Waals surface area contributed by atoms with Gasteiger partial charge in [0, 0.05) is 0 Å². The maximum absolute atomic E-state index is 12.2. The van der Waals surface area contributed by atoms with Gasteiger partial charge in [-0.2, -0.15) is 17.9 Å². The summed E-state index contributed by atoms with van der Waals surface area (Å²) in [6.07, 6.45) is -0.146. The third kappa shape index (κ3) is 4.49. The predicted octanol–water partition coefficient (Wildman–Crippen LogP) is 1.51. The summed E-state index contributed by atoms with van der Waals surface area (Å²) in [5, 5.41) is 8.79. The van der Waals surface area contributed by atoms with E-state index in [1.807, 2.05) is 0 Å². The summed E-state index contributed by atoms with van der Waals surface area (Å²) in [6.45, 7) is 0. The van der Waals surface area contributed by atoms with Gasteiger partial charge < -0.3 is 5.11 Å². The van der Waals surface area contributed by atoms with E-state index in [2.05, 4.69) is 0 Å². The molecule has 0 aromatic heterocycles. The molecule has 2 N–H and O–H groups in total. The first kappa shape index (κ1) is 16.4. The van der Waals surface area contributed by atoms with Crippen LogP contribution < -0.4 is 4.72 Å². The molecule has 0 radical (unpaired) electrons. The Hall–Kier alpha value is -1.61. The number of aryl methyl sites for hydroxylation is 1. The number of carboxylic acids is 1. The van der Waals surface area contributed by atoms with Gasteiger partial charge in [-0.15, -0.1) is 0 Å². The number of carbonyl (C=O) groups is 1. The van der Waals surface area contributed by atoms with Crippen molar-refractivity contribution >= 4 is 16.0 Å². The lowest BCUT2D eigenvalue weighted by molar-refractivity contribution is -0.139. The number of hydrogen-bond acceptors (Lipinski definition) is 3. The van der Waals surface area contributed by atoms with E-state index < -0.39 is 27.5 Å². The molecule has 0 aliphatic carbocycles. The molecule has 5 nitrogen and oxygen atoms in total. The van der Waals surface area contributed by atoms with Gasteiger partial charge in [0.2, 0.25) is 0 Å². The Morgan fingerprint density at radius 1 is 1.25 bits per heavy atom. The quantitative estimate of drug-likeness (QED) is 0.834. The second-order valence-electron chi connectivity index (χ2n) is 3.98. The predicted molar refractivity (Wildman–Crippen MR) is 64.3 cm³/mol. The fourth-order valence-corrected chi connectivity index (χ4v) is 2.17. The number of nitrogens with one attached hydrogen (secondary N) is 1. The van der Waals surface area contributed by atoms with Gasteiger partial charge in [-0.25, -0.2) is 8.42 Å². The van der Waals surface area contributed by atoms with Crippen molar-refractivity contribution in [3.63, 3.8) is 0 Å². The monoisotopic (exact) mass is 311 g/mol. The second-order valence-corrected chi connectivity index (χ2v) is 5.69. The molecule has 1 atom stereocenters. The van der Waals surface area contributed by atoms with Crippen LogP contribution in [-0.2, 0) is 21.2 Å². The molecule has 9 heteroatoms. The summed E-state index contributed by atoms with van der Waals surface area (Å²) in [5.74, 6) is -1.66. The largest absolute Gasteiger partial charge is 0.511 e. The minimum atomic E-state index is -5.68. The van der Waals surface area contributed by atoms with Crippen molar-refractivity contribution in [1.82, 2.24) is 4.72 Å². The van der Waals surface area contributed by atoms with Gasteiger partial charge in [-0.3, -0.25) is 4.79 Å². The highest BCUT2D eigenvalue weighted by atomic mass is 32.2. The highest BCUT2D eigenvalue weighted by Crippen LogP contribution is 2.22. The van der Waals surface area contributed by atoms with Crippen LogP contribution >= 0.6 is 0 Å². The molecule has 0 aliphatic rings. The van der Waals surface area contributed by atoms with E-state index in [0.29, 0.717) is 5.56 Å². The van der Waals surface area contributed by atoms with Gasteiger partial charge in [0.05, 0.1) is 0 Å². The average molecular weight is 311 g/mol. The minimum absolute atomic E-state index is 0.137. The van der Waals surface area contributed by atoms with Crippen molar-refractivity contribution in [2.45, 2.75) is 24.4 Å². The minimum Gasteiger partial charge on any atom is -0.480 e. The molecule has 1 rings (SSSR count). The van der Waals surface area contributed by atoms with E-state index >= 15 is 0 Å². The van der Waals surface area contributed by atoms with Crippen LogP contribution in [0, 0.1) is 0 Å². The third-order valence-electron chi connectivity index (χ3n) is 2.46. The fourth-order valence-electron chi connectivity index (χ4n) is 1.44. The van der Waals surface area contributed by atoms with E-state index in [1.54, 1.807) is 30.3 Å². The molecule has 0 spiro atoms. The van der Waals surface area contributed by atoms with Crippen LogP contribution in [-0.4, -0.2) is 31.0 Å². The van der Waals surface area contributed by atoms with Crippen molar-refractivity contribution in [2.75, 3.05) is 0 Å². The lowest BCUT2D eigenvalue weighted by Crippen LogP contribution is -2.46. The first-order valence-electron chi connectivity index (χ1n) is 5.49. The van der Waals surface area contributed by atoms with Crippen LogP contribution in [0.2, 0.25) is 0 Å². The molecule has 0 fully saturated rings. The summed E-state index contributed by atoms with van der Waals surface area (Å²) < 4.78 is 59.4. The number of carboxylic acid groups (broad SMARTS) is 1. The summed E-state index contributed by atoms with van der Waals surface area (Å²) in [7, 11) is -5.68. The van der Waals surface area contributed by atoms with Crippen molar-refractivity contribution in [2.24, 2.45) is 0 Å². The van der Waals surface area contributed by atoms with Crippen LogP contribution in [0.4, 0.5) is 13.2 Å². The van der Waals surface area contributed by atoms with E-state index in [9.17, 15) is 26.4 Å². The van der Waals surface area contributed by atoms with Crippen molar-refractivity contribution in [3.8, 4) is 0 Å². The summed E-state index contributed by atoms with van der Waals surface area (Å²) in [5.41, 5.74) is -4.84. The molecule has 1 aromatic carbocycles. The Bertz CT molecular complexity index is 557. The van der Waals surface area contributed by atoms with E-state index in [-0.39, 0.29) is 12.8 Å². The third-order valence-corrected chi connectivity index (χ3v) is 3.67. The topological polar surface area (TPSA) is 83.5 Å². The van der Waals surface area contributed by atoms with Crippen molar-refractivity contribution in [3.05, 3.63) is 35.9 Å². The Balaban J connectivity index is 2.74. The van der Waals surface area contributed by atoms with E-state index in [1.165, 1.54) is 0 Å². The molecule has 0 saturated heterocycles. The summed E-state index contributed by atoms with van der Waals surface area (Å²) in [6, 6.07) is 6.59. The SMILES string of the molecule is O=C(O)C(CCc1ccccc1)NS(=O)(=O)C(F)(F)F. The van der Waals surface area contributed by atoms with Gasteiger partial charge in [-0.05, 0) is 18.4 Å². The first-order valence-corrected chi connectivity index (χ1v) is 6.97. The number of hydrogen-bond donors (Lipinski definition) is 2. The molecule has 1 aromatic rings. The zero-order valence-electron chi connectivity index (χ0n) is 10.1. The van der Waals surface area contributed by atoms with Crippen molar-refractivity contribution in [1.29, 1.82) is 0 Å². The number of aliphatic carboxylic acids is 1. The molecule has 0 bridgehead atoms. The maximum atomic E-state index is 12.2. The fraction of sp³-hybridized carbons (Fsp3) is 0.364. The maximum Gasteiger partial charge on any atom is 0.511 e. The Morgan fingerprint density at radius 2 is 1.80 bits per heavy atom. The lowest BCUT2D eigenvalue weighted by Gasteiger charge is -2.16. The summed E-state index contributed by atoms with van der Waals surface area (Å²) >= 11 is 0. The highest BCUT2D eigenvalue weighted by molar-refractivity contribution is 7.90. The molecule has 0 heterocycles. The molecule has 0 amide bonds. The van der Waals surface area contributed by atoms with E-state index in [4.69, 9.17) is 5.11 Å². The van der Waals surface area contributed by atoms with Crippen LogP contribution in [0.15, 0.2) is 30.3 Å². The van der Waals surface area contributed by atoms with Crippen LogP contribution in [0.25, 0.3) is 0 Å².